The lowest BCUT2D eigenvalue weighted by molar-refractivity contribution is 0.559. The second-order valence-corrected chi connectivity index (χ2v) is 7.66. The maximum Gasteiger partial charge on any atom is 0.336 e. The van der Waals surface area contributed by atoms with Crippen LogP contribution in [0.15, 0.2) is 86.9 Å². The molecule has 5 nitrogen and oxygen atoms in total. The van der Waals surface area contributed by atoms with Gasteiger partial charge in [0.15, 0.2) is 0 Å². The normalized spacial score (nSPS) is 11.8. The van der Waals surface area contributed by atoms with Crippen LogP contribution in [0.25, 0.3) is 21.7 Å². The Morgan fingerprint density at radius 3 is 2.38 bits per heavy atom. The molecule has 0 amide bonds. The number of nitrogens with one attached hydrogen (secondary N) is 1. The van der Waals surface area contributed by atoms with Crippen LogP contribution in [0, 0.1) is 0 Å². The standard InChI is InChI=1S/C20H15NO4S/c22-19-12-15(13-21-26(23,24)16-7-2-1-3-8-16)18-11-10-14-6-4-5-9-17(14)20(18)25-19/h1-12,21H,13H2. The van der Waals surface area contributed by atoms with E-state index in [9.17, 15) is 13.2 Å². The summed E-state index contributed by atoms with van der Waals surface area (Å²) in [6.07, 6.45) is 0. The number of rotatable bonds is 4. The maximum absolute atomic E-state index is 12.4. The Morgan fingerprint density at radius 1 is 0.846 bits per heavy atom. The van der Waals surface area contributed by atoms with Crippen molar-refractivity contribution in [3.63, 3.8) is 0 Å². The van der Waals surface area contributed by atoms with Gasteiger partial charge >= 0.3 is 5.63 Å². The largest absolute Gasteiger partial charge is 0.422 e. The molecule has 4 rings (SSSR count). The van der Waals surface area contributed by atoms with Gasteiger partial charge in [0.05, 0.1) is 4.90 Å². The first-order valence-electron chi connectivity index (χ1n) is 8.04. The molecule has 0 aliphatic rings. The van der Waals surface area contributed by atoms with Gasteiger partial charge in [-0.1, -0.05) is 54.6 Å². The molecule has 26 heavy (non-hydrogen) atoms. The predicted molar refractivity (Wildman–Crippen MR) is 100 cm³/mol. The van der Waals surface area contributed by atoms with Gasteiger partial charge in [-0.25, -0.2) is 17.9 Å². The van der Waals surface area contributed by atoms with E-state index in [0.717, 1.165) is 10.8 Å². The predicted octanol–water partition coefficient (Wildman–Crippen LogP) is 3.42. The monoisotopic (exact) mass is 365 g/mol. The highest BCUT2D eigenvalue weighted by Gasteiger charge is 2.15. The Balaban J connectivity index is 1.78. The van der Waals surface area contributed by atoms with E-state index in [0.29, 0.717) is 16.5 Å². The van der Waals surface area contributed by atoms with Crippen molar-refractivity contribution in [2.24, 2.45) is 0 Å². The van der Waals surface area contributed by atoms with Crippen molar-refractivity contribution in [1.29, 1.82) is 0 Å². The van der Waals surface area contributed by atoms with Gasteiger partial charge in [0.2, 0.25) is 10.0 Å². The lowest BCUT2D eigenvalue weighted by Crippen LogP contribution is -2.23. The average Bonchev–Trinajstić information content (AvgIpc) is 2.66. The zero-order chi connectivity index (χ0) is 18.1. The highest BCUT2D eigenvalue weighted by Crippen LogP contribution is 2.26. The minimum absolute atomic E-state index is 0.00231. The van der Waals surface area contributed by atoms with Crippen LogP contribution in [0.1, 0.15) is 5.56 Å². The first-order valence-corrected chi connectivity index (χ1v) is 9.52. The second-order valence-electron chi connectivity index (χ2n) is 5.89. The summed E-state index contributed by atoms with van der Waals surface area (Å²) in [7, 11) is -3.67. The van der Waals surface area contributed by atoms with E-state index in [1.807, 2.05) is 36.4 Å². The Bertz CT molecular complexity index is 1260. The van der Waals surface area contributed by atoms with Crippen molar-refractivity contribution in [3.05, 3.63) is 88.8 Å². The Kier molecular flexibility index (Phi) is 4.06. The molecule has 3 aromatic carbocycles. The SMILES string of the molecule is O=c1cc(CNS(=O)(=O)c2ccccc2)c2ccc3ccccc3c2o1. The third-order valence-electron chi connectivity index (χ3n) is 4.23. The molecule has 0 unspecified atom stereocenters. The van der Waals surface area contributed by atoms with Crippen LogP contribution >= 0.6 is 0 Å². The van der Waals surface area contributed by atoms with Crippen molar-refractivity contribution >= 4 is 31.8 Å². The van der Waals surface area contributed by atoms with Gasteiger partial charge in [-0.2, -0.15) is 0 Å². The lowest BCUT2D eigenvalue weighted by atomic mass is 10.0. The van der Waals surface area contributed by atoms with Crippen LogP contribution < -0.4 is 10.3 Å². The topological polar surface area (TPSA) is 76.4 Å². The van der Waals surface area contributed by atoms with Gasteiger partial charge in [-0.05, 0) is 23.1 Å². The van der Waals surface area contributed by atoms with Gasteiger partial charge in [0, 0.05) is 23.4 Å². The van der Waals surface area contributed by atoms with Crippen molar-refractivity contribution < 1.29 is 12.8 Å². The summed E-state index contributed by atoms with van der Waals surface area (Å²) in [5, 5.41) is 2.47. The molecule has 0 atom stereocenters. The first kappa shape index (κ1) is 16.5. The molecule has 0 spiro atoms. The highest BCUT2D eigenvalue weighted by molar-refractivity contribution is 7.89. The molecule has 0 fully saturated rings. The van der Waals surface area contributed by atoms with Crippen LogP contribution in [0.2, 0.25) is 0 Å². The van der Waals surface area contributed by atoms with Crippen LogP contribution in [0.5, 0.6) is 0 Å². The fourth-order valence-electron chi connectivity index (χ4n) is 2.96. The van der Waals surface area contributed by atoms with E-state index < -0.39 is 15.6 Å². The molecule has 0 aliphatic heterocycles. The molecule has 0 saturated carbocycles. The zero-order valence-electron chi connectivity index (χ0n) is 13.7. The summed E-state index contributed by atoms with van der Waals surface area (Å²) < 4.78 is 32.8. The zero-order valence-corrected chi connectivity index (χ0v) is 14.5. The Labute approximate surface area is 149 Å². The molecule has 1 aromatic heterocycles. The second kappa shape index (κ2) is 6.40. The molecule has 1 N–H and O–H groups in total. The summed E-state index contributed by atoms with van der Waals surface area (Å²) in [6.45, 7) is -0.00231. The Morgan fingerprint density at radius 2 is 1.58 bits per heavy atom. The molecular weight excluding hydrogens is 350 g/mol. The molecule has 130 valence electrons. The lowest BCUT2D eigenvalue weighted by Gasteiger charge is -2.10. The van der Waals surface area contributed by atoms with E-state index in [-0.39, 0.29) is 11.4 Å². The summed E-state index contributed by atoms with van der Waals surface area (Å²) in [5.74, 6) is 0. The van der Waals surface area contributed by atoms with Gasteiger partial charge in [-0.15, -0.1) is 0 Å². The molecule has 4 aromatic rings. The van der Waals surface area contributed by atoms with E-state index in [1.165, 1.54) is 18.2 Å². The number of hydrogen-bond acceptors (Lipinski definition) is 4. The molecule has 0 bridgehead atoms. The maximum atomic E-state index is 12.4. The molecule has 6 heteroatoms. The summed E-state index contributed by atoms with van der Waals surface area (Å²) in [5.41, 5.74) is 0.522. The summed E-state index contributed by atoms with van der Waals surface area (Å²) in [4.78, 5) is 12.2. The van der Waals surface area contributed by atoms with Gasteiger partial charge in [-0.3, -0.25) is 0 Å². The fraction of sp³-hybridized carbons (Fsp3) is 0.0500. The smallest absolute Gasteiger partial charge is 0.336 e. The number of fused-ring (bicyclic) bond motifs is 3. The van der Waals surface area contributed by atoms with Gasteiger partial charge in [0.1, 0.15) is 5.58 Å². The molecule has 0 radical (unpaired) electrons. The van der Waals surface area contributed by atoms with Crippen molar-refractivity contribution in [3.8, 4) is 0 Å². The minimum Gasteiger partial charge on any atom is -0.422 e. The molecule has 0 aliphatic carbocycles. The molecule has 1 heterocycles. The number of sulfonamides is 1. The van der Waals surface area contributed by atoms with Crippen molar-refractivity contribution in [2.75, 3.05) is 0 Å². The van der Waals surface area contributed by atoms with Crippen LogP contribution in [0.3, 0.4) is 0 Å². The van der Waals surface area contributed by atoms with E-state index >= 15 is 0 Å². The highest BCUT2D eigenvalue weighted by atomic mass is 32.2. The van der Waals surface area contributed by atoms with Gasteiger partial charge in [0.25, 0.3) is 0 Å². The van der Waals surface area contributed by atoms with E-state index in [2.05, 4.69) is 4.72 Å². The van der Waals surface area contributed by atoms with Crippen molar-refractivity contribution in [2.45, 2.75) is 11.4 Å². The number of benzene rings is 3. The van der Waals surface area contributed by atoms with Crippen LogP contribution in [-0.2, 0) is 16.6 Å². The van der Waals surface area contributed by atoms with Crippen LogP contribution in [-0.4, -0.2) is 8.42 Å². The third kappa shape index (κ3) is 3.00. The molecular formula is C20H15NO4S. The fourth-order valence-corrected chi connectivity index (χ4v) is 3.99. The summed E-state index contributed by atoms with van der Waals surface area (Å²) >= 11 is 0. The third-order valence-corrected chi connectivity index (χ3v) is 5.64. The number of hydrogen-bond donors (Lipinski definition) is 1. The summed E-state index contributed by atoms with van der Waals surface area (Å²) in [6, 6.07) is 20.8. The van der Waals surface area contributed by atoms with E-state index in [1.54, 1.807) is 18.2 Å². The van der Waals surface area contributed by atoms with E-state index in [4.69, 9.17) is 4.42 Å². The Hall–Kier alpha value is -2.96. The van der Waals surface area contributed by atoms with Gasteiger partial charge < -0.3 is 4.42 Å². The minimum atomic E-state index is -3.67. The quantitative estimate of drug-likeness (QED) is 0.444. The van der Waals surface area contributed by atoms with Crippen molar-refractivity contribution in [1.82, 2.24) is 4.72 Å². The average molecular weight is 365 g/mol. The molecule has 0 saturated heterocycles. The van der Waals surface area contributed by atoms with Crippen LogP contribution in [0.4, 0.5) is 0 Å². The first-order chi connectivity index (χ1) is 12.5.